The van der Waals surface area contributed by atoms with E-state index in [-0.39, 0.29) is 16.9 Å². The van der Waals surface area contributed by atoms with Crippen molar-refractivity contribution in [2.75, 3.05) is 7.11 Å². The summed E-state index contributed by atoms with van der Waals surface area (Å²) in [7, 11) is 1.21. The van der Waals surface area contributed by atoms with Crippen LogP contribution in [0.1, 0.15) is 10.4 Å². The molecule has 3 aromatic rings. The van der Waals surface area contributed by atoms with Crippen LogP contribution in [0.25, 0.3) is 10.2 Å². The van der Waals surface area contributed by atoms with Gasteiger partial charge >= 0.3 is 5.97 Å². The van der Waals surface area contributed by atoms with Crippen molar-refractivity contribution in [1.82, 2.24) is 4.57 Å². The Kier molecular flexibility index (Phi) is 5.89. The van der Waals surface area contributed by atoms with Gasteiger partial charge in [0.2, 0.25) is 0 Å². The van der Waals surface area contributed by atoms with Crippen LogP contribution in [-0.4, -0.2) is 33.4 Å². The summed E-state index contributed by atoms with van der Waals surface area (Å²) in [6, 6.07) is 7.40. The normalized spacial score (nSPS) is 11.5. The molecule has 0 unspecified atom stereocenters. The maximum absolute atomic E-state index is 12.7. The van der Waals surface area contributed by atoms with Gasteiger partial charge in [-0.1, -0.05) is 22.9 Å². The van der Waals surface area contributed by atoms with E-state index in [0.717, 1.165) is 29.5 Å². The highest BCUT2D eigenvalue weighted by atomic mass is 35.5. The SMILES string of the molecule is COC(=O)Cn1c(=NC(=O)c2cc([N+](=O)[O-])cc([N+](=O)[O-])c2)sc2cc(Cl)ccc21. The van der Waals surface area contributed by atoms with Crippen molar-refractivity contribution in [3.05, 3.63) is 72.0 Å². The van der Waals surface area contributed by atoms with Gasteiger partial charge in [0.05, 0.1) is 38.8 Å². The van der Waals surface area contributed by atoms with E-state index in [4.69, 9.17) is 11.6 Å². The van der Waals surface area contributed by atoms with Gasteiger partial charge in [0.25, 0.3) is 17.3 Å². The van der Waals surface area contributed by atoms with Crippen molar-refractivity contribution in [2.24, 2.45) is 4.99 Å². The van der Waals surface area contributed by atoms with Crippen LogP contribution in [0.4, 0.5) is 11.4 Å². The molecular weight excluding hydrogens is 440 g/mol. The Bertz CT molecular complexity index is 1250. The average molecular weight is 451 g/mol. The van der Waals surface area contributed by atoms with Crippen LogP contribution in [0.15, 0.2) is 41.4 Å². The lowest BCUT2D eigenvalue weighted by Crippen LogP contribution is -2.22. The van der Waals surface area contributed by atoms with Crippen LogP contribution < -0.4 is 4.80 Å². The van der Waals surface area contributed by atoms with Gasteiger partial charge in [-0.05, 0) is 18.2 Å². The van der Waals surface area contributed by atoms with Crippen molar-refractivity contribution < 1.29 is 24.2 Å². The van der Waals surface area contributed by atoms with Gasteiger partial charge < -0.3 is 9.30 Å². The Balaban J connectivity index is 2.18. The molecule has 0 spiro atoms. The number of halogens is 1. The van der Waals surface area contributed by atoms with Crippen molar-refractivity contribution in [3.63, 3.8) is 0 Å². The molecule has 0 bridgehead atoms. The average Bonchev–Trinajstić information content (AvgIpc) is 3.03. The molecule has 1 heterocycles. The van der Waals surface area contributed by atoms with Crippen molar-refractivity contribution in [1.29, 1.82) is 0 Å². The van der Waals surface area contributed by atoms with Crippen LogP contribution in [0, 0.1) is 20.2 Å². The number of nitro groups is 2. The molecule has 30 heavy (non-hydrogen) atoms. The van der Waals surface area contributed by atoms with Gasteiger partial charge in [-0.15, -0.1) is 0 Å². The molecule has 13 heteroatoms. The number of fused-ring (bicyclic) bond motifs is 1. The zero-order chi connectivity index (χ0) is 22.0. The molecule has 1 amide bonds. The fourth-order valence-corrected chi connectivity index (χ4v) is 3.86. The number of thiazole rings is 1. The molecule has 0 saturated carbocycles. The van der Waals surface area contributed by atoms with Gasteiger partial charge in [-0.25, -0.2) is 0 Å². The highest BCUT2D eigenvalue weighted by Gasteiger charge is 2.20. The second-order valence-corrected chi connectivity index (χ2v) is 7.27. The largest absolute Gasteiger partial charge is 0.468 e. The Labute approximate surface area is 176 Å². The van der Waals surface area contributed by atoms with Crippen LogP contribution in [0.5, 0.6) is 0 Å². The Morgan fingerprint density at radius 1 is 1.13 bits per heavy atom. The standard InChI is InChI=1S/C17H11ClN4O7S/c1-29-15(23)8-20-13-3-2-10(18)6-14(13)30-17(20)19-16(24)9-4-11(21(25)26)7-12(5-9)22(27)28/h2-7H,8H2,1H3. The lowest BCUT2D eigenvalue weighted by atomic mass is 10.1. The molecule has 2 aromatic carbocycles. The molecule has 0 aliphatic rings. The van der Waals surface area contributed by atoms with Crippen LogP contribution in [0.3, 0.4) is 0 Å². The highest BCUT2D eigenvalue weighted by molar-refractivity contribution is 7.16. The summed E-state index contributed by atoms with van der Waals surface area (Å²) in [6.07, 6.45) is 0. The molecule has 0 aliphatic carbocycles. The number of non-ortho nitro benzene ring substituents is 2. The lowest BCUT2D eigenvalue weighted by Gasteiger charge is -2.03. The minimum absolute atomic E-state index is 0.0943. The zero-order valence-corrected chi connectivity index (χ0v) is 16.7. The highest BCUT2D eigenvalue weighted by Crippen LogP contribution is 2.24. The number of carbonyl (C=O) groups excluding carboxylic acids is 2. The molecule has 3 rings (SSSR count). The van der Waals surface area contributed by atoms with Crippen molar-refractivity contribution >= 4 is 56.4 Å². The summed E-state index contributed by atoms with van der Waals surface area (Å²) < 4.78 is 6.72. The van der Waals surface area contributed by atoms with E-state index in [1.165, 1.54) is 11.7 Å². The van der Waals surface area contributed by atoms with Gasteiger partial charge in [0, 0.05) is 17.2 Å². The first-order valence-electron chi connectivity index (χ1n) is 8.08. The van der Waals surface area contributed by atoms with E-state index in [1.807, 2.05) is 0 Å². The number of amides is 1. The molecule has 0 atom stereocenters. The molecular formula is C17H11ClN4O7S. The second kappa shape index (κ2) is 8.39. The second-order valence-electron chi connectivity index (χ2n) is 5.83. The number of hydrogen-bond acceptors (Lipinski definition) is 8. The number of benzene rings is 2. The first-order chi connectivity index (χ1) is 14.2. The molecule has 0 fully saturated rings. The molecule has 154 valence electrons. The van der Waals surface area contributed by atoms with Crippen LogP contribution >= 0.6 is 22.9 Å². The predicted octanol–water partition coefficient (Wildman–Crippen LogP) is 3.09. The summed E-state index contributed by atoms with van der Waals surface area (Å²) in [6.45, 7) is -0.251. The fraction of sp³-hybridized carbons (Fsp3) is 0.118. The third kappa shape index (κ3) is 4.34. The summed E-state index contributed by atoms with van der Waals surface area (Å²) >= 11 is 7.04. The number of carbonyl (C=O) groups is 2. The number of aromatic nitrogens is 1. The van der Waals surface area contributed by atoms with Gasteiger partial charge in [0.15, 0.2) is 4.80 Å². The quantitative estimate of drug-likeness (QED) is 0.329. The molecule has 0 saturated heterocycles. The summed E-state index contributed by atoms with van der Waals surface area (Å²) in [5.41, 5.74) is -1.01. The van der Waals surface area contributed by atoms with E-state index in [2.05, 4.69) is 9.73 Å². The van der Waals surface area contributed by atoms with Gasteiger partial charge in [-0.3, -0.25) is 29.8 Å². The number of esters is 1. The molecule has 0 aliphatic heterocycles. The maximum atomic E-state index is 12.7. The number of hydrogen-bond donors (Lipinski definition) is 0. The predicted molar refractivity (Wildman–Crippen MR) is 106 cm³/mol. The third-order valence-electron chi connectivity index (χ3n) is 3.93. The summed E-state index contributed by atoms with van der Waals surface area (Å²) in [5.74, 6) is -1.54. The van der Waals surface area contributed by atoms with E-state index in [9.17, 15) is 29.8 Å². The monoisotopic (exact) mass is 450 g/mol. The summed E-state index contributed by atoms with van der Waals surface area (Å²) in [4.78, 5) is 48.9. The summed E-state index contributed by atoms with van der Waals surface area (Å²) in [5, 5.41) is 22.5. The van der Waals surface area contributed by atoms with Crippen molar-refractivity contribution in [3.8, 4) is 0 Å². The number of ether oxygens (including phenoxy) is 1. The lowest BCUT2D eigenvalue weighted by molar-refractivity contribution is -0.394. The molecule has 0 N–H and O–H groups in total. The smallest absolute Gasteiger partial charge is 0.325 e. The minimum atomic E-state index is -0.946. The van der Waals surface area contributed by atoms with E-state index >= 15 is 0 Å². The Hall–Kier alpha value is -3.64. The molecule has 0 radical (unpaired) electrons. The van der Waals surface area contributed by atoms with E-state index < -0.39 is 33.1 Å². The van der Waals surface area contributed by atoms with Crippen LogP contribution in [-0.2, 0) is 16.1 Å². The van der Waals surface area contributed by atoms with Crippen LogP contribution in [0.2, 0.25) is 5.02 Å². The minimum Gasteiger partial charge on any atom is -0.468 e. The topological polar surface area (TPSA) is 147 Å². The number of rotatable bonds is 5. The Morgan fingerprint density at radius 2 is 1.77 bits per heavy atom. The maximum Gasteiger partial charge on any atom is 0.325 e. The van der Waals surface area contributed by atoms with E-state index in [0.29, 0.717) is 15.2 Å². The number of methoxy groups -OCH3 is 1. The zero-order valence-electron chi connectivity index (χ0n) is 15.1. The fourth-order valence-electron chi connectivity index (χ4n) is 2.56. The van der Waals surface area contributed by atoms with Crippen molar-refractivity contribution in [2.45, 2.75) is 6.54 Å². The number of nitrogens with zero attached hydrogens (tertiary/aromatic N) is 4. The van der Waals surface area contributed by atoms with Gasteiger partial charge in [-0.2, -0.15) is 4.99 Å². The third-order valence-corrected chi connectivity index (χ3v) is 5.20. The first-order valence-corrected chi connectivity index (χ1v) is 9.27. The molecule has 1 aromatic heterocycles. The Morgan fingerprint density at radius 3 is 2.33 bits per heavy atom. The number of nitro benzene ring substituents is 2. The van der Waals surface area contributed by atoms with Gasteiger partial charge in [0.1, 0.15) is 6.54 Å². The van der Waals surface area contributed by atoms with E-state index in [1.54, 1.807) is 18.2 Å². The molecule has 11 nitrogen and oxygen atoms in total. The first kappa shape index (κ1) is 21.1.